The van der Waals surface area contributed by atoms with Gasteiger partial charge in [-0.1, -0.05) is 60.7 Å². The number of unbranched alkanes of at least 4 members (excludes halogenated alkanes) is 1. The zero-order chi connectivity index (χ0) is 46.6. The molecule has 65 heavy (non-hydrogen) atoms. The quantitative estimate of drug-likeness (QED) is 0.0613. The van der Waals surface area contributed by atoms with E-state index in [1.54, 1.807) is 80.3 Å². The first kappa shape index (κ1) is 54.3. The molecule has 2 aliphatic heterocycles. The third-order valence-electron chi connectivity index (χ3n) is 11.0. The normalized spacial score (nSPS) is 16.7. The van der Waals surface area contributed by atoms with Crippen LogP contribution in [-0.4, -0.2) is 196 Å². The fourth-order valence-electron chi connectivity index (χ4n) is 7.70. The number of carboxylic acid groups (broad SMARTS) is 4. The van der Waals surface area contributed by atoms with Crippen LogP contribution in [0.4, 0.5) is 0 Å². The zero-order valence-corrected chi connectivity index (χ0v) is 38.2. The summed E-state index contributed by atoms with van der Waals surface area (Å²) in [6, 6.07) is 16.5. The summed E-state index contributed by atoms with van der Waals surface area (Å²) in [5, 5.41) is 43.9. The molecule has 0 aromatic heterocycles. The van der Waals surface area contributed by atoms with E-state index in [1.807, 2.05) is 0 Å². The third kappa shape index (κ3) is 19.2. The monoisotopic (exact) mass is 1050 g/mol. The van der Waals surface area contributed by atoms with Crippen molar-refractivity contribution in [3.05, 3.63) is 83.9 Å². The van der Waals surface area contributed by atoms with E-state index in [0.717, 1.165) is 17.1 Å². The number of carboxylic acids is 4. The number of hydrogen-bond acceptors (Lipinski definition) is 13. The number of rotatable bonds is 23. The van der Waals surface area contributed by atoms with Crippen LogP contribution in [0.5, 0.6) is 0 Å². The van der Waals surface area contributed by atoms with Gasteiger partial charge in [0.25, 0.3) is 11.8 Å². The maximum absolute atomic E-state index is 14.3. The predicted molar refractivity (Wildman–Crippen MR) is 229 cm³/mol. The molecule has 2 heterocycles. The van der Waals surface area contributed by atoms with E-state index in [4.69, 9.17) is 0 Å². The molecule has 0 saturated carbocycles. The fraction of sp³-hybridized carbons (Fsp3) is 0.477. The summed E-state index contributed by atoms with van der Waals surface area (Å²) in [4.78, 5) is 120. The van der Waals surface area contributed by atoms with Gasteiger partial charge in [0.15, 0.2) is 5.78 Å². The number of ketones is 1. The van der Waals surface area contributed by atoms with Gasteiger partial charge in [0.05, 0.1) is 38.6 Å². The van der Waals surface area contributed by atoms with Crippen molar-refractivity contribution in [2.24, 2.45) is 5.92 Å². The smallest absolute Gasteiger partial charge is 0.326 e. The summed E-state index contributed by atoms with van der Waals surface area (Å²) in [7, 11) is 0. The maximum Gasteiger partial charge on any atom is 0.326 e. The van der Waals surface area contributed by atoms with Crippen molar-refractivity contribution in [2.75, 3.05) is 91.6 Å². The molecule has 2 atom stereocenters. The van der Waals surface area contributed by atoms with Gasteiger partial charge in [0.1, 0.15) is 6.04 Å². The number of hydrogen-bond donors (Lipinski definition) is 6. The van der Waals surface area contributed by atoms with Crippen LogP contribution >= 0.6 is 0 Å². The molecule has 0 spiro atoms. The van der Waals surface area contributed by atoms with Crippen LogP contribution in [0.2, 0.25) is 0 Å². The van der Waals surface area contributed by atoms with Gasteiger partial charge in [-0.3, -0.25) is 62.9 Å². The van der Waals surface area contributed by atoms with Gasteiger partial charge >= 0.3 is 23.9 Å². The van der Waals surface area contributed by atoms with Crippen molar-refractivity contribution >= 4 is 53.3 Å². The van der Waals surface area contributed by atoms with Crippen LogP contribution in [0.15, 0.2) is 72.8 Å². The van der Waals surface area contributed by atoms with Gasteiger partial charge in [-0.05, 0) is 30.4 Å². The second-order valence-electron chi connectivity index (χ2n) is 15.8. The molecule has 0 aliphatic carbocycles. The molecular weight excluding hydrogens is 992 g/mol. The average molecular weight is 1050 g/mol. The van der Waals surface area contributed by atoms with E-state index < -0.39 is 84.1 Å². The first-order valence-electron chi connectivity index (χ1n) is 21.1. The van der Waals surface area contributed by atoms with E-state index in [1.165, 1.54) is 0 Å². The Balaban J connectivity index is 0.0000112. The average Bonchev–Trinajstić information content (AvgIpc) is 3.57. The van der Waals surface area contributed by atoms with Gasteiger partial charge in [-0.15, -0.1) is 0 Å². The number of aliphatic carboxylic acids is 4. The Bertz CT molecular complexity index is 1900. The van der Waals surface area contributed by atoms with Crippen LogP contribution < -0.4 is 10.6 Å². The van der Waals surface area contributed by atoms with Crippen molar-refractivity contribution in [1.29, 1.82) is 0 Å². The number of imide groups is 1. The van der Waals surface area contributed by atoms with Crippen molar-refractivity contribution in [3.8, 4) is 0 Å². The number of carbonyl (C=O) groups excluding carboxylic acids is 5. The molecule has 4 amide bonds. The summed E-state index contributed by atoms with van der Waals surface area (Å²) in [6.45, 7) is -0.0829. The Morgan fingerprint density at radius 3 is 1.40 bits per heavy atom. The molecule has 21 heteroatoms. The number of amides is 4. The maximum atomic E-state index is 14.3. The standard InChI is InChI=1S/C44H57N7O13.Gd/c52-33(26-45-36(53)27-47-17-19-48(28-39(56)57)21-23-50(30-41(60)61)24-22-49(20-18-47)29-40(58)59)25-34(42(31-9-3-1-4-10-31)32-11-5-2-6-12-32)43(62)46-35(44(63)64)13-7-8-16-51-37(54)14-15-38(51)55;/h1-6,9-12,14-15,34-35,42H,7-8,13,16-30H2,(H,45,53)(H,46,62)(H,56,57)(H,58,59)(H,60,61)(H,63,64);/t34-,35-;/m0./s1. The predicted octanol–water partition coefficient (Wildman–Crippen LogP) is -0.350. The zero-order valence-electron chi connectivity index (χ0n) is 35.9. The van der Waals surface area contributed by atoms with E-state index in [-0.39, 0.29) is 138 Å². The first-order valence-corrected chi connectivity index (χ1v) is 21.1. The van der Waals surface area contributed by atoms with Gasteiger partial charge in [0, 0.05) is 123 Å². The fourth-order valence-corrected chi connectivity index (χ4v) is 7.70. The molecule has 354 valence electrons. The Labute approximate surface area is 408 Å². The Morgan fingerprint density at radius 1 is 0.585 bits per heavy atom. The molecule has 4 rings (SSSR count). The summed E-state index contributed by atoms with van der Waals surface area (Å²) in [5.74, 6) is -9.13. The van der Waals surface area contributed by atoms with E-state index in [0.29, 0.717) is 17.5 Å². The minimum absolute atomic E-state index is 0. The molecule has 0 unspecified atom stereocenters. The Kier molecular flexibility index (Phi) is 23.5. The summed E-state index contributed by atoms with van der Waals surface area (Å²) < 4.78 is 0. The molecule has 0 bridgehead atoms. The van der Waals surface area contributed by atoms with Crippen LogP contribution in [-0.2, 0) is 43.2 Å². The van der Waals surface area contributed by atoms with E-state index in [9.17, 15) is 63.6 Å². The molecular formula is C44H57GdN7O13. The SMILES string of the molecule is O=C(O)CN1CCN(CC(=O)O)CCN(CC(=O)NCC(=O)C[C@H](C(=O)N[C@@H](CCCCN2C(=O)C=CC2=O)C(=O)O)C(c2ccccc2)c2ccccc2)CCN(CC(=O)O)CC1.[Gd]. The third-order valence-corrected chi connectivity index (χ3v) is 11.0. The summed E-state index contributed by atoms with van der Waals surface area (Å²) >= 11 is 0. The minimum Gasteiger partial charge on any atom is -0.480 e. The second kappa shape index (κ2) is 28.1. The van der Waals surface area contributed by atoms with Crippen LogP contribution in [0.3, 0.4) is 0 Å². The van der Waals surface area contributed by atoms with Gasteiger partial charge in [-0.2, -0.15) is 0 Å². The van der Waals surface area contributed by atoms with Crippen molar-refractivity contribution in [3.63, 3.8) is 0 Å². The molecule has 2 aromatic carbocycles. The Hall–Kier alpha value is -5.03. The molecule has 1 saturated heterocycles. The van der Waals surface area contributed by atoms with Crippen LogP contribution in [0.25, 0.3) is 0 Å². The van der Waals surface area contributed by atoms with Gasteiger partial charge in [0.2, 0.25) is 11.8 Å². The molecule has 0 radical (unpaired) electrons. The molecule has 2 aliphatic rings. The van der Waals surface area contributed by atoms with Crippen molar-refractivity contribution in [1.82, 2.24) is 35.1 Å². The van der Waals surface area contributed by atoms with Crippen molar-refractivity contribution in [2.45, 2.75) is 37.6 Å². The van der Waals surface area contributed by atoms with E-state index >= 15 is 0 Å². The second-order valence-corrected chi connectivity index (χ2v) is 15.8. The molecule has 20 nitrogen and oxygen atoms in total. The topological polar surface area (TPSA) is 275 Å². The summed E-state index contributed by atoms with van der Waals surface area (Å²) in [5.41, 5.74) is 1.37. The van der Waals surface area contributed by atoms with E-state index in [2.05, 4.69) is 10.6 Å². The first-order chi connectivity index (χ1) is 30.6. The summed E-state index contributed by atoms with van der Waals surface area (Å²) in [6.07, 6.45) is 2.45. The number of nitrogens with zero attached hydrogens (tertiary/aromatic N) is 5. The van der Waals surface area contributed by atoms with Crippen LogP contribution in [0.1, 0.15) is 42.7 Å². The number of carbonyl (C=O) groups is 9. The largest absolute Gasteiger partial charge is 0.480 e. The van der Waals surface area contributed by atoms with Crippen molar-refractivity contribution < 1.29 is 104 Å². The number of Topliss-reactive ketones (excluding diaryl/α,β-unsaturated/α-hetero) is 1. The van der Waals surface area contributed by atoms with Gasteiger partial charge < -0.3 is 31.1 Å². The van der Waals surface area contributed by atoms with Gasteiger partial charge in [-0.25, -0.2) is 4.79 Å². The van der Waals surface area contributed by atoms with Crippen LogP contribution in [0, 0.1) is 45.9 Å². The number of nitrogens with one attached hydrogen (secondary N) is 2. The number of benzene rings is 2. The minimum atomic E-state index is -1.36. The molecule has 1 fully saturated rings. The Morgan fingerprint density at radius 2 is 1.00 bits per heavy atom. The molecule has 2 aromatic rings. The molecule has 6 N–H and O–H groups in total.